The van der Waals surface area contributed by atoms with Gasteiger partial charge in [0.2, 0.25) is 5.91 Å². The van der Waals surface area contributed by atoms with E-state index < -0.39 is 11.7 Å². The number of nitrogens with one attached hydrogen (secondary N) is 2. The molecule has 22 heavy (non-hydrogen) atoms. The number of anilines is 1. The van der Waals surface area contributed by atoms with Gasteiger partial charge in [0.15, 0.2) is 0 Å². The Morgan fingerprint density at radius 2 is 1.91 bits per heavy atom. The molecule has 0 saturated heterocycles. The topological polar surface area (TPSA) is 54.3 Å². The molecule has 0 saturated carbocycles. The van der Waals surface area contributed by atoms with E-state index >= 15 is 0 Å². The van der Waals surface area contributed by atoms with Crippen molar-refractivity contribution in [2.24, 2.45) is 0 Å². The third-order valence-electron chi connectivity index (χ3n) is 3.01. The fraction of sp³-hybridized carbons (Fsp3) is 0.267. The van der Waals surface area contributed by atoms with Crippen molar-refractivity contribution in [3.8, 4) is 0 Å². The number of carbonyl (C=O) groups is 1. The maximum Gasteiger partial charge on any atom is 0.416 e. The van der Waals surface area contributed by atoms with Gasteiger partial charge >= 0.3 is 6.18 Å². The quantitative estimate of drug-likeness (QED) is 0.887. The molecule has 1 heterocycles. The van der Waals surface area contributed by atoms with Crippen LogP contribution in [0.1, 0.15) is 24.3 Å². The van der Waals surface area contributed by atoms with Crippen LogP contribution < -0.4 is 10.6 Å². The molecule has 0 bridgehead atoms. The van der Waals surface area contributed by atoms with Crippen molar-refractivity contribution in [3.05, 3.63) is 54.0 Å². The molecule has 1 unspecified atom stereocenters. The molecule has 2 N–H and O–H groups in total. The van der Waals surface area contributed by atoms with Crippen LogP contribution in [-0.4, -0.2) is 12.5 Å². The van der Waals surface area contributed by atoms with Crippen molar-refractivity contribution < 1.29 is 22.4 Å². The molecule has 1 amide bonds. The number of alkyl halides is 3. The molecule has 2 aromatic rings. The summed E-state index contributed by atoms with van der Waals surface area (Å²) in [5.41, 5.74) is -0.289. The Hall–Kier alpha value is -2.44. The van der Waals surface area contributed by atoms with Crippen molar-refractivity contribution in [2.45, 2.75) is 19.1 Å². The van der Waals surface area contributed by atoms with Crippen LogP contribution in [0.15, 0.2) is 47.1 Å². The first-order valence-electron chi connectivity index (χ1n) is 6.60. The first kappa shape index (κ1) is 15.9. The Morgan fingerprint density at radius 3 is 2.45 bits per heavy atom. The van der Waals surface area contributed by atoms with Crippen LogP contribution in [0.4, 0.5) is 18.9 Å². The van der Waals surface area contributed by atoms with Crippen molar-refractivity contribution in [2.75, 3.05) is 11.9 Å². The van der Waals surface area contributed by atoms with E-state index in [0.29, 0.717) is 11.4 Å². The van der Waals surface area contributed by atoms with Crippen molar-refractivity contribution in [1.29, 1.82) is 0 Å². The van der Waals surface area contributed by atoms with Crippen molar-refractivity contribution in [1.82, 2.24) is 5.32 Å². The Kier molecular flexibility index (Phi) is 4.75. The van der Waals surface area contributed by atoms with E-state index in [1.54, 1.807) is 19.1 Å². The van der Waals surface area contributed by atoms with Crippen molar-refractivity contribution in [3.63, 3.8) is 0 Å². The number of amides is 1. The molecule has 0 radical (unpaired) electrons. The molecule has 118 valence electrons. The van der Waals surface area contributed by atoms with E-state index in [9.17, 15) is 18.0 Å². The van der Waals surface area contributed by atoms with E-state index in [0.717, 1.165) is 12.1 Å². The summed E-state index contributed by atoms with van der Waals surface area (Å²) in [7, 11) is 0. The van der Waals surface area contributed by atoms with Crippen LogP contribution in [-0.2, 0) is 11.0 Å². The Morgan fingerprint density at radius 1 is 1.23 bits per heavy atom. The summed E-state index contributed by atoms with van der Waals surface area (Å²) in [4.78, 5) is 11.8. The van der Waals surface area contributed by atoms with Gasteiger partial charge in [-0.15, -0.1) is 0 Å². The SMILES string of the molecule is CC(NC(=O)CNc1ccc(C(F)(F)F)cc1)c1ccco1. The number of rotatable bonds is 5. The largest absolute Gasteiger partial charge is 0.467 e. The number of benzene rings is 1. The monoisotopic (exact) mass is 312 g/mol. The minimum atomic E-state index is -4.37. The Bertz CT molecular complexity index is 607. The Labute approximate surface area is 125 Å². The summed E-state index contributed by atoms with van der Waals surface area (Å²) in [5.74, 6) is 0.340. The molecule has 1 aromatic carbocycles. The lowest BCUT2D eigenvalue weighted by Crippen LogP contribution is -2.31. The molecule has 1 aromatic heterocycles. The summed E-state index contributed by atoms with van der Waals surface area (Å²) < 4.78 is 42.4. The smallest absolute Gasteiger partial charge is 0.416 e. The third kappa shape index (κ3) is 4.28. The average molecular weight is 312 g/mol. The normalized spacial score (nSPS) is 12.7. The molecule has 2 rings (SSSR count). The van der Waals surface area contributed by atoms with E-state index in [1.165, 1.54) is 18.4 Å². The van der Waals surface area contributed by atoms with E-state index in [-0.39, 0.29) is 18.5 Å². The van der Waals surface area contributed by atoms with Gasteiger partial charge < -0.3 is 15.1 Å². The number of carbonyl (C=O) groups excluding carboxylic acids is 1. The van der Waals surface area contributed by atoms with Gasteiger partial charge in [-0.1, -0.05) is 0 Å². The molecule has 7 heteroatoms. The van der Waals surface area contributed by atoms with Crippen LogP contribution in [0.3, 0.4) is 0 Å². The molecular weight excluding hydrogens is 297 g/mol. The van der Waals surface area contributed by atoms with Crippen LogP contribution in [0.25, 0.3) is 0 Å². The first-order chi connectivity index (χ1) is 10.4. The van der Waals surface area contributed by atoms with E-state index in [4.69, 9.17) is 4.42 Å². The highest BCUT2D eigenvalue weighted by atomic mass is 19.4. The second-order valence-electron chi connectivity index (χ2n) is 4.73. The van der Waals surface area contributed by atoms with Gasteiger partial charge in [-0.3, -0.25) is 4.79 Å². The minimum absolute atomic E-state index is 0.0452. The summed E-state index contributed by atoms with van der Waals surface area (Å²) in [6, 6.07) is 7.68. The molecule has 0 spiro atoms. The van der Waals surface area contributed by atoms with Gasteiger partial charge in [-0.05, 0) is 43.3 Å². The number of hydrogen-bond donors (Lipinski definition) is 2. The van der Waals surface area contributed by atoms with Gasteiger partial charge in [-0.25, -0.2) is 0 Å². The van der Waals surface area contributed by atoms with Gasteiger partial charge in [0.05, 0.1) is 24.4 Å². The van der Waals surface area contributed by atoms with Crippen LogP contribution >= 0.6 is 0 Å². The summed E-state index contributed by atoms with van der Waals surface area (Å²) >= 11 is 0. The minimum Gasteiger partial charge on any atom is -0.467 e. The lowest BCUT2D eigenvalue weighted by molar-refractivity contribution is -0.137. The zero-order chi connectivity index (χ0) is 16.2. The highest BCUT2D eigenvalue weighted by Gasteiger charge is 2.29. The molecule has 1 atom stereocenters. The van der Waals surface area contributed by atoms with Gasteiger partial charge in [-0.2, -0.15) is 13.2 Å². The summed E-state index contributed by atoms with van der Waals surface area (Å²) in [6.07, 6.45) is -2.85. The average Bonchev–Trinajstić information content (AvgIpc) is 2.99. The highest BCUT2D eigenvalue weighted by molar-refractivity contribution is 5.81. The fourth-order valence-electron chi connectivity index (χ4n) is 1.86. The fourth-order valence-corrected chi connectivity index (χ4v) is 1.86. The van der Waals surface area contributed by atoms with E-state index in [2.05, 4.69) is 10.6 Å². The molecular formula is C15H15F3N2O2. The van der Waals surface area contributed by atoms with Crippen LogP contribution in [0.2, 0.25) is 0 Å². The lowest BCUT2D eigenvalue weighted by atomic mass is 10.2. The lowest BCUT2D eigenvalue weighted by Gasteiger charge is -2.13. The van der Waals surface area contributed by atoms with Crippen LogP contribution in [0.5, 0.6) is 0 Å². The predicted octanol–water partition coefficient (Wildman–Crippen LogP) is 3.59. The Balaban J connectivity index is 1.83. The zero-order valence-corrected chi connectivity index (χ0v) is 11.8. The molecule has 0 aliphatic carbocycles. The van der Waals surface area contributed by atoms with E-state index in [1.807, 2.05) is 0 Å². The highest BCUT2D eigenvalue weighted by Crippen LogP contribution is 2.29. The molecule has 4 nitrogen and oxygen atoms in total. The van der Waals surface area contributed by atoms with Gasteiger partial charge in [0.25, 0.3) is 0 Å². The maximum absolute atomic E-state index is 12.4. The van der Waals surface area contributed by atoms with Crippen LogP contribution in [0, 0.1) is 0 Å². The second-order valence-corrected chi connectivity index (χ2v) is 4.73. The van der Waals surface area contributed by atoms with Gasteiger partial charge in [0, 0.05) is 5.69 Å². The number of furan rings is 1. The van der Waals surface area contributed by atoms with Crippen molar-refractivity contribution >= 4 is 11.6 Å². The maximum atomic E-state index is 12.4. The summed E-state index contributed by atoms with van der Waals surface area (Å²) in [5, 5.41) is 5.48. The molecule has 0 aliphatic heterocycles. The molecule has 0 aliphatic rings. The zero-order valence-electron chi connectivity index (χ0n) is 11.8. The molecule has 0 fully saturated rings. The second kappa shape index (κ2) is 6.55. The standard InChI is InChI=1S/C15H15F3N2O2/c1-10(13-3-2-8-22-13)20-14(21)9-19-12-6-4-11(5-7-12)15(16,17)18/h2-8,10,19H,9H2,1H3,(H,20,21). The number of hydrogen-bond acceptors (Lipinski definition) is 3. The predicted molar refractivity (Wildman–Crippen MR) is 75.2 cm³/mol. The number of halogens is 3. The van der Waals surface area contributed by atoms with Gasteiger partial charge in [0.1, 0.15) is 5.76 Å². The summed E-state index contributed by atoms with van der Waals surface area (Å²) in [6.45, 7) is 1.73. The first-order valence-corrected chi connectivity index (χ1v) is 6.60. The third-order valence-corrected chi connectivity index (χ3v) is 3.01.